The van der Waals surface area contributed by atoms with E-state index in [-0.39, 0.29) is 48.0 Å². The van der Waals surface area contributed by atoms with Gasteiger partial charge in [-0.2, -0.15) is 0 Å². The van der Waals surface area contributed by atoms with Crippen molar-refractivity contribution in [2.75, 3.05) is 27.3 Å². The molecule has 3 amide bonds. The van der Waals surface area contributed by atoms with Crippen molar-refractivity contribution in [2.45, 2.75) is 110 Å². The fourth-order valence-corrected chi connectivity index (χ4v) is 9.37. The van der Waals surface area contributed by atoms with Crippen LogP contribution in [0.5, 0.6) is 5.75 Å². The SMILES string of the molecule is CCn1c(-c2cccnc2[C@H](C)OC)c2c3cc(ccc31)-c1cc(O)cc(c1)C[C@H](NC(=O)[C@H](C(C)C)N(C)C(=O)[C@H]1C[C@H]1Cl)C(=O)N1CCC[C@H](N1)C(=O)OCC(C)(C)C2. The summed E-state index contributed by atoms with van der Waals surface area (Å²) in [5.74, 6) is -2.24. The van der Waals surface area contributed by atoms with Gasteiger partial charge in [0.25, 0.3) is 5.91 Å². The van der Waals surface area contributed by atoms with Gasteiger partial charge in [0.05, 0.1) is 30.0 Å². The molecule has 0 unspecified atom stereocenters. The van der Waals surface area contributed by atoms with Crippen LogP contribution < -0.4 is 10.7 Å². The van der Waals surface area contributed by atoms with Crippen molar-refractivity contribution in [1.82, 2.24) is 30.2 Å². The summed E-state index contributed by atoms with van der Waals surface area (Å²) in [6, 6.07) is 12.7. The van der Waals surface area contributed by atoms with Gasteiger partial charge < -0.3 is 29.4 Å². The Bertz CT molecular complexity index is 2330. The normalized spacial score (nSPS) is 22.6. The third kappa shape index (κ3) is 9.15. The Hall–Kier alpha value is -4.98. The minimum absolute atomic E-state index is 0.00520. The van der Waals surface area contributed by atoms with Gasteiger partial charge in [-0.25, -0.2) is 5.43 Å². The number of aromatic hydroxyl groups is 1. The van der Waals surface area contributed by atoms with Crippen LogP contribution in [0.25, 0.3) is 33.3 Å². The highest BCUT2D eigenvalue weighted by Crippen LogP contribution is 2.42. The molecule has 2 aromatic carbocycles. The smallest absolute Gasteiger partial charge is 0.324 e. The molecular weight excluding hydrogens is 796 g/mol. The summed E-state index contributed by atoms with van der Waals surface area (Å²) in [5, 5.41) is 16.4. The Morgan fingerprint density at radius 2 is 1.89 bits per heavy atom. The van der Waals surface area contributed by atoms with Crippen LogP contribution in [-0.4, -0.2) is 99.1 Å². The molecule has 0 radical (unpaired) electrons. The first-order valence-corrected chi connectivity index (χ1v) is 21.9. The Balaban J connectivity index is 1.35. The predicted octanol–water partition coefficient (Wildman–Crippen LogP) is 6.56. The van der Waals surface area contributed by atoms with Crippen LogP contribution in [0.3, 0.4) is 0 Å². The number of cyclic esters (lactones) is 1. The van der Waals surface area contributed by atoms with E-state index in [4.69, 9.17) is 26.1 Å². The summed E-state index contributed by atoms with van der Waals surface area (Å²) in [5.41, 5.74) is 9.65. The van der Waals surface area contributed by atoms with Crippen LogP contribution in [0, 0.1) is 17.3 Å². The number of carbonyl (C=O) groups is 4. The van der Waals surface area contributed by atoms with E-state index in [0.29, 0.717) is 44.3 Å². The number of nitrogens with zero attached hydrogens (tertiary/aromatic N) is 4. The number of fused-ring (bicyclic) bond motifs is 6. The maximum atomic E-state index is 14.6. The molecule has 6 bridgehead atoms. The molecule has 6 atom stereocenters. The topological polar surface area (TPSA) is 155 Å². The average molecular weight is 855 g/mol. The van der Waals surface area contributed by atoms with Crippen molar-refractivity contribution in [3.63, 3.8) is 0 Å². The number of hydrogen-bond donors (Lipinski definition) is 3. The monoisotopic (exact) mass is 854 g/mol. The number of phenolic OH excluding ortho intramolecular Hbond substituents is 1. The summed E-state index contributed by atoms with van der Waals surface area (Å²) in [4.78, 5) is 62.2. The van der Waals surface area contributed by atoms with Gasteiger partial charge >= 0.3 is 5.97 Å². The highest BCUT2D eigenvalue weighted by Gasteiger charge is 2.46. The third-order valence-corrected chi connectivity index (χ3v) is 12.9. The van der Waals surface area contributed by atoms with Gasteiger partial charge in [0.1, 0.15) is 23.9 Å². The fourth-order valence-electron chi connectivity index (χ4n) is 9.07. The van der Waals surface area contributed by atoms with Gasteiger partial charge in [0.2, 0.25) is 11.8 Å². The number of likely N-dealkylation sites (N-methyl/N-ethyl adjacent to an activating group) is 1. The molecule has 326 valence electrons. The van der Waals surface area contributed by atoms with E-state index < -0.39 is 41.3 Å². The number of carbonyl (C=O) groups excluding carboxylic acids is 4. The second-order valence-corrected chi connectivity index (χ2v) is 18.6. The minimum Gasteiger partial charge on any atom is -0.508 e. The van der Waals surface area contributed by atoms with E-state index in [2.05, 4.69) is 54.3 Å². The first-order chi connectivity index (χ1) is 29.0. The third-order valence-electron chi connectivity index (χ3n) is 12.4. The molecule has 3 N–H and O–H groups in total. The average Bonchev–Trinajstić information content (AvgIpc) is 3.90. The first-order valence-electron chi connectivity index (χ1n) is 21.4. The number of pyridine rings is 1. The number of benzene rings is 2. The number of aromatic nitrogens is 2. The number of rotatable bonds is 9. The molecule has 3 aliphatic rings. The molecule has 61 heavy (non-hydrogen) atoms. The van der Waals surface area contributed by atoms with Gasteiger partial charge in [-0.3, -0.25) is 29.2 Å². The molecule has 1 saturated heterocycles. The largest absolute Gasteiger partial charge is 0.508 e. The summed E-state index contributed by atoms with van der Waals surface area (Å²) < 4.78 is 14.2. The van der Waals surface area contributed by atoms with Crippen molar-refractivity contribution in [3.8, 4) is 28.1 Å². The van der Waals surface area contributed by atoms with Crippen LogP contribution >= 0.6 is 11.6 Å². The zero-order valence-electron chi connectivity index (χ0n) is 36.5. The predicted molar refractivity (Wildman–Crippen MR) is 234 cm³/mol. The van der Waals surface area contributed by atoms with Crippen molar-refractivity contribution >= 4 is 46.2 Å². The molecule has 1 aliphatic carbocycles. The molecule has 13 nitrogen and oxygen atoms in total. The molecule has 4 heterocycles. The number of phenols is 1. The van der Waals surface area contributed by atoms with Crippen LogP contribution in [0.1, 0.15) is 83.7 Å². The molecule has 2 aliphatic heterocycles. The number of esters is 1. The van der Waals surface area contributed by atoms with E-state index in [1.807, 2.05) is 39.0 Å². The number of aryl methyl sites for hydroxylation is 1. The minimum atomic E-state index is -1.12. The van der Waals surface area contributed by atoms with Crippen LogP contribution in [0.2, 0.25) is 0 Å². The zero-order valence-corrected chi connectivity index (χ0v) is 37.2. The lowest BCUT2D eigenvalue weighted by molar-refractivity contribution is -0.155. The summed E-state index contributed by atoms with van der Waals surface area (Å²) in [7, 11) is 3.27. The second kappa shape index (κ2) is 17.8. The Morgan fingerprint density at radius 1 is 1.13 bits per heavy atom. The van der Waals surface area contributed by atoms with Gasteiger partial charge in [-0.1, -0.05) is 39.8 Å². The highest BCUT2D eigenvalue weighted by molar-refractivity contribution is 6.24. The lowest BCUT2D eigenvalue weighted by Crippen LogP contribution is -2.62. The molecule has 2 fully saturated rings. The number of methoxy groups -OCH3 is 1. The lowest BCUT2D eigenvalue weighted by Gasteiger charge is -2.36. The Kier molecular flexibility index (Phi) is 12.9. The number of nitrogens with one attached hydrogen (secondary N) is 2. The van der Waals surface area contributed by atoms with Crippen molar-refractivity contribution in [1.29, 1.82) is 0 Å². The summed E-state index contributed by atoms with van der Waals surface area (Å²) >= 11 is 6.23. The zero-order chi connectivity index (χ0) is 43.9. The molecule has 14 heteroatoms. The fraction of sp³-hybridized carbons (Fsp3) is 0.511. The number of hydrogen-bond acceptors (Lipinski definition) is 9. The maximum Gasteiger partial charge on any atom is 0.324 e. The molecule has 1 saturated carbocycles. The Labute approximate surface area is 363 Å². The Morgan fingerprint density at radius 3 is 2.57 bits per heavy atom. The molecule has 2 aromatic heterocycles. The summed E-state index contributed by atoms with van der Waals surface area (Å²) in [6.45, 7) is 13.1. The van der Waals surface area contributed by atoms with Crippen molar-refractivity contribution < 1.29 is 33.8 Å². The summed E-state index contributed by atoms with van der Waals surface area (Å²) in [6.07, 6.45) is 3.62. The number of alkyl halides is 1. The maximum absolute atomic E-state index is 14.6. The van der Waals surface area contributed by atoms with E-state index in [9.17, 15) is 24.3 Å². The van der Waals surface area contributed by atoms with Crippen LogP contribution in [0.4, 0.5) is 0 Å². The second-order valence-electron chi connectivity index (χ2n) is 18.0. The van der Waals surface area contributed by atoms with Crippen LogP contribution in [0.15, 0.2) is 54.7 Å². The van der Waals surface area contributed by atoms with Crippen molar-refractivity contribution in [2.24, 2.45) is 17.3 Å². The van der Waals surface area contributed by atoms with Crippen molar-refractivity contribution in [3.05, 3.63) is 71.5 Å². The van der Waals surface area contributed by atoms with Gasteiger partial charge in [-0.15, -0.1) is 11.6 Å². The van der Waals surface area contributed by atoms with E-state index in [0.717, 1.165) is 44.5 Å². The van der Waals surface area contributed by atoms with Crippen LogP contribution in [-0.2, 0) is 48.0 Å². The lowest BCUT2D eigenvalue weighted by atomic mass is 9.84. The van der Waals surface area contributed by atoms with Gasteiger partial charge in [0.15, 0.2) is 0 Å². The first kappa shape index (κ1) is 44.1. The number of halogens is 1. The molecule has 0 spiro atoms. The molecule has 7 rings (SSSR count). The molecular formula is C47H59ClN6O7. The van der Waals surface area contributed by atoms with Gasteiger partial charge in [0, 0.05) is 67.1 Å². The van der Waals surface area contributed by atoms with E-state index >= 15 is 0 Å². The highest BCUT2D eigenvalue weighted by atomic mass is 35.5. The van der Waals surface area contributed by atoms with E-state index in [1.165, 1.54) is 9.91 Å². The number of hydrazine groups is 1. The standard InChI is InChI=1S/C47H59ClN6O7/c1-9-53-39-15-14-29-22-33(39)35(42(53)32-12-10-16-49-40(32)27(4)60-8)24-47(5,6)25-61-46(59)37-13-11-17-54(51-37)45(58)38(20-28-18-30(29)21-31(55)19-28)50-43(56)41(26(2)3)52(7)44(57)34-23-36(34)48/h10,12,14-16,18-19,21-22,26-27,34,36-38,41,51,55H,9,11,13,17,20,23-25H2,1-8H3,(H,50,56)/t27-,34-,36+,37-,38-,41-/m0/s1. The van der Waals surface area contributed by atoms with Gasteiger partial charge in [-0.05, 0) is 104 Å². The van der Waals surface area contributed by atoms with E-state index in [1.54, 1.807) is 32.5 Å². The quantitative estimate of drug-likeness (QED) is 0.125. The number of ether oxygens (including phenoxy) is 2. The number of amides is 3. The molecule has 4 aromatic rings.